The number of fused-ring (bicyclic) bond motifs is 1. The molecule has 2 aliphatic rings. The normalized spacial score (nSPS) is 25.5. The molecule has 0 aromatic heterocycles. The molecule has 1 aromatic carbocycles. The molecule has 102 valence electrons. The molecule has 2 unspecified atom stereocenters. The maximum Gasteiger partial charge on any atom is 0.256 e. The highest BCUT2D eigenvalue weighted by atomic mass is 19.1. The molecule has 0 aliphatic carbocycles. The van der Waals surface area contributed by atoms with Crippen LogP contribution in [0.2, 0.25) is 0 Å². The summed E-state index contributed by atoms with van der Waals surface area (Å²) >= 11 is 0. The summed E-state index contributed by atoms with van der Waals surface area (Å²) in [5, 5.41) is 3.32. The van der Waals surface area contributed by atoms with E-state index in [1.165, 1.54) is 19.2 Å². The molecule has 1 aromatic rings. The second kappa shape index (κ2) is 4.81. The smallest absolute Gasteiger partial charge is 0.256 e. The molecule has 2 fully saturated rings. The Morgan fingerprint density at radius 1 is 1.37 bits per heavy atom. The Balaban J connectivity index is 1.77. The van der Waals surface area contributed by atoms with Crippen LogP contribution in [0.25, 0.3) is 0 Å². The minimum atomic E-state index is -0.514. The van der Waals surface area contributed by atoms with Crippen molar-refractivity contribution in [3.63, 3.8) is 0 Å². The molecule has 19 heavy (non-hydrogen) atoms. The third kappa shape index (κ3) is 2.18. The minimum Gasteiger partial charge on any atom is -0.497 e. The van der Waals surface area contributed by atoms with E-state index in [0.29, 0.717) is 17.6 Å². The summed E-state index contributed by atoms with van der Waals surface area (Å²) in [5.74, 6) is 0.737. The lowest BCUT2D eigenvalue weighted by molar-refractivity contribution is 0.0777. The molecule has 2 heterocycles. The quantitative estimate of drug-likeness (QED) is 0.870. The summed E-state index contributed by atoms with van der Waals surface area (Å²) in [6.45, 7) is 3.36. The number of hydrogen-bond donors (Lipinski definition) is 1. The summed E-state index contributed by atoms with van der Waals surface area (Å²) in [6, 6.07) is 4.38. The van der Waals surface area contributed by atoms with E-state index in [9.17, 15) is 9.18 Å². The van der Waals surface area contributed by atoms with Crippen molar-refractivity contribution in [3.05, 3.63) is 29.6 Å². The van der Waals surface area contributed by atoms with Gasteiger partial charge in [0.15, 0.2) is 0 Å². The highest BCUT2D eigenvalue weighted by molar-refractivity contribution is 5.94. The number of amides is 1. The van der Waals surface area contributed by atoms with Crippen LogP contribution < -0.4 is 10.1 Å². The topological polar surface area (TPSA) is 41.6 Å². The fourth-order valence-corrected chi connectivity index (χ4v) is 2.99. The predicted molar refractivity (Wildman–Crippen MR) is 68.7 cm³/mol. The van der Waals surface area contributed by atoms with Crippen molar-refractivity contribution in [1.82, 2.24) is 10.2 Å². The van der Waals surface area contributed by atoms with Crippen molar-refractivity contribution in [2.24, 2.45) is 11.8 Å². The number of methoxy groups -OCH3 is 1. The molecule has 2 aliphatic heterocycles. The zero-order valence-corrected chi connectivity index (χ0v) is 10.9. The first-order chi connectivity index (χ1) is 9.19. The van der Waals surface area contributed by atoms with Crippen LogP contribution in [-0.4, -0.2) is 44.1 Å². The SMILES string of the molecule is COc1ccc(C(=O)N2CC3CNCC3C2)c(F)c1. The molecule has 0 bridgehead atoms. The monoisotopic (exact) mass is 264 g/mol. The predicted octanol–water partition coefficient (Wildman–Crippen LogP) is 1.13. The standard InChI is InChI=1S/C14H17FN2O2/c1-19-11-2-3-12(13(15)4-11)14(18)17-7-9-5-16-6-10(9)8-17/h2-4,9-10,16H,5-8H2,1H3. The van der Waals surface area contributed by atoms with Crippen LogP contribution >= 0.6 is 0 Å². The van der Waals surface area contributed by atoms with Crippen molar-refractivity contribution >= 4 is 5.91 Å². The van der Waals surface area contributed by atoms with Crippen LogP contribution in [0.3, 0.4) is 0 Å². The molecule has 1 amide bonds. The first kappa shape index (κ1) is 12.4. The molecular formula is C14H17FN2O2. The van der Waals surface area contributed by atoms with Crippen molar-refractivity contribution in [2.75, 3.05) is 33.3 Å². The van der Waals surface area contributed by atoms with Crippen molar-refractivity contribution < 1.29 is 13.9 Å². The second-order valence-corrected chi connectivity index (χ2v) is 5.23. The number of likely N-dealkylation sites (tertiary alicyclic amines) is 1. The summed E-state index contributed by atoms with van der Waals surface area (Å²) in [6.07, 6.45) is 0. The Hall–Kier alpha value is -1.62. The van der Waals surface area contributed by atoms with Gasteiger partial charge in [-0.05, 0) is 24.0 Å². The summed E-state index contributed by atoms with van der Waals surface area (Å²) in [7, 11) is 1.48. The van der Waals surface area contributed by atoms with E-state index in [2.05, 4.69) is 5.32 Å². The molecule has 4 nitrogen and oxygen atoms in total. The van der Waals surface area contributed by atoms with Crippen LogP contribution in [0.4, 0.5) is 4.39 Å². The maximum absolute atomic E-state index is 13.9. The van der Waals surface area contributed by atoms with Gasteiger partial charge in [0.2, 0.25) is 0 Å². The van der Waals surface area contributed by atoms with Gasteiger partial charge in [-0.2, -0.15) is 0 Å². The average Bonchev–Trinajstić information content (AvgIpc) is 2.98. The summed E-state index contributed by atoms with van der Waals surface area (Å²) < 4.78 is 18.8. The number of carbonyl (C=O) groups is 1. The molecule has 2 saturated heterocycles. The fourth-order valence-electron chi connectivity index (χ4n) is 2.99. The Morgan fingerprint density at radius 3 is 2.63 bits per heavy atom. The number of nitrogens with one attached hydrogen (secondary N) is 1. The Kier molecular flexibility index (Phi) is 3.14. The van der Waals surface area contributed by atoms with Crippen LogP contribution in [0.1, 0.15) is 10.4 Å². The average molecular weight is 264 g/mol. The van der Waals surface area contributed by atoms with Crippen LogP contribution in [0, 0.1) is 17.7 Å². The lowest BCUT2D eigenvalue weighted by Gasteiger charge is -2.18. The van der Waals surface area contributed by atoms with Gasteiger partial charge < -0.3 is 15.0 Å². The van der Waals surface area contributed by atoms with Gasteiger partial charge in [0, 0.05) is 32.2 Å². The lowest BCUT2D eigenvalue weighted by Crippen LogP contribution is -2.32. The van der Waals surface area contributed by atoms with Gasteiger partial charge in [-0.1, -0.05) is 0 Å². The number of carbonyl (C=O) groups excluding carboxylic acids is 1. The van der Waals surface area contributed by atoms with Gasteiger partial charge in [0.05, 0.1) is 12.7 Å². The molecule has 1 N–H and O–H groups in total. The molecule has 2 atom stereocenters. The van der Waals surface area contributed by atoms with E-state index in [-0.39, 0.29) is 11.5 Å². The highest BCUT2D eigenvalue weighted by Gasteiger charge is 2.38. The van der Waals surface area contributed by atoms with E-state index in [1.807, 2.05) is 0 Å². The Labute approximate surface area is 111 Å². The number of rotatable bonds is 2. The third-order valence-electron chi connectivity index (χ3n) is 4.08. The number of ether oxygens (including phenoxy) is 1. The van der Waals surface area contributed by atoms with Crippen molar-refractivity contribution in [3.8, 4) is 5.75 Å². The maximum atomic E-state index is 13.9. The minimum absolute atomic E-state index is 0.133. The van der Waals surface area contributed by atoms with Gasteiger partial charge in [-0.15, -0.1) is 0 Å². The van der Waals surface area contributed by atoms with E-state index in [4.69, 9.17) is 4.74 Å². The molecule has 0 radical (unpaired) electrons. The molecule has 5 heteroatoms. The first-order valence-electron chi connectivity index (χ1n) is 6.52. The van der Waals surface area contributed by atoms with Gasteiger partial charge in [-0.3, -0.25) is 4.79 Å². The van der Waals surface area contributed by atoms with Gasteiger partial charge in [0.1, 0.15) is 11.6 Å². The largest absolute Gasteiger partial charge is 0.497 e. The van der Waals surface area contributed by atoms with E-state index < -0.39 is 5.82 Å². The van der Waals surface area contributed by atoms with Crippen molar-refractivity contribution in [2.45, 2.75) is 0 Å². The van der Waals surface area contributed by atoms with Crippen LogP contribution in [-0.2, 0) is 0 Å². The van der Waals surface area contributed by atoms with E-state index in [0.717, 1.165) is 26.2 Å². The van der Waals surface area contributed by atoms with E-state index >= 15 is 0 Å². The lowest BCUT2D eigenvalue weighted by atomic mass is 10.0. The van der Waals surface area contributed by atoms with Gasteiger partial charge >= 0.3 is 0 Å². The van der Waals surface area contributed by atoms with E-state index in [1.54, 1.807) is 11.0 Å². The fraction of sp³-hybridized carbons (Fsp3) is 0.500. The molecule has 0 saturated carbocycles. The Morgan fingerprint density at radius 2 is 2.05 bits per heavy atom. The van der Waals surface area contributed by atoms with Crippen LogP contribution in [0.5, 0.6) is 5.75 Å². The summed E-state index contributed by atoms with van der Waals surface area (Å²) in [4.78, 5) is 14.1. The zero-order valence-electron chi connectivity index (χ0n) is 10.9. The summed E-state index contributed by atoms with van der Waals surface area (Å²) in [5.41, 5.74) is 0.133. The van der Waals surface area contributed by atoms with Crippen molar-refractivity contribution in [1.29, 1.82) is 0 Å². The number of halogens is 1. The molecule has 0 spiro atoms. The number of nitrogens with zero attached hydrogens (tertiary/aromatic N) is 1. The van der Waals surface area contributed by atoms with Crippen LogP contribution in [0.15, 0.2) is 18.2 Å². The number of benzene rings is 1. The second-order valence-electron chi connectivity index (χ2n) is 5.23. The Bertz CT molecular complexity index is 494. The highest BCUT2D eigenvalue weighted by Crippen LogP contribution is 2.28. The van der Waals surface area contributed by atoms with Gasteiger partial charge in [0.25, 0.3) is 5.91 Å². The number of hydrogen-bond acceptors (Lipinski definition) is 3. The third-order valence-corrected chi connectivity index (χ3v) is 4.08. The molecular weight excluding hydrogens is 247 g/mol. The van der Waals surface area contributed by atoms with Gasteiger partial charge in [-0.25, -0.2) is 4.39 Å². The molecule has 3 rings (SSSR count). The zero-order chi connectivity index (χ0) is 13.4. The first-order valence-corrected chi connectivity index (χ1v) is 6.52.